The minimum Gasteiger partial charge on any atom is -0.444 e. The Hall–Kier alpha value is -2.05. The molecule has 132 valence electrons. The van der Waals surface area contributed by atoms with Gasteiger partial charge in [-0.3, -0.25) is 4.79 Å². The zero-order valence-corrected chi connectivity index (χ0v) is 13.8. The summed E-state index contributed by atoms with van der Waals surface area (Å²) in [5.41, 5.74) is -3.37. The largest absolute Gasteiger partial charge is 0.444 e. The van der Waals surface area contributed by atoms with Crippen molar-refractivity contribution in [3.63, 3.8) is 0 Å². The zero-order chi connectivity index (χ0) is 18.1. The molecular formula is C17H20F3NO3. The number of rotatable bonds is 2. The van der Waals surface area contributed by atoms with Gasteiger partial charge < -0.3 is 10.1 Å². The van der Waals surface area contributed by atoms with Crippen LogP contribution in [0.25, 0.3) is 0 Å². The molecule has 0 heterocycles. The van der Waals surface area contributed by atoms with Gasteiger partial charge in [-0.1, -0.05) is 0 Å². The standard InChI is InChI=1S/C17H20F3NO3/c1-16(2,3)24-15(23)21-17(7-5-4-6-13(17)22)14-11(19)8-10(18)9-12(14)20/h8-9H,4-7H2,1-3H3,(H,21,23). The minimum atomic E-state index is -1.89. The molecule has 1 aliphatic rings. The number of amides is 1. The lowest BCUT2D eigenvalue weighted by atomic mass is 9.75. The number of ketones is 1. The normalized spacial score (nSPS) is 21.5. The number of hydrogen-bond donors (Lipinski definition) is 1. The third-order valence-electron chi connectivity index (χ3n) is 3.83. The van der Waals surface area contributed by atoms with Crippen LogP contribution in [0.15, 0.2) is 12.1 Å². The second-order valence-electron chi connectivity index (χ2n) is 6.91. The molecule has 2 rings (SSSR count). The van der Waals surface area contributed by atoms with Crippen LogP contribution in [0.4, 0.5) is 18.0 Å². The van der Waals surface area contributed by atoms with Crippen LogP contribution in [0.2, 0.25) is 0 Å². The fourth-order valence-corrected chi connectivity index (χ4v) is 2.92. The molecule has 1 aromatic carbocycles. The van der Waals surface area contributed by atoms with Crippen molar-refractivity contribution < 1.29 is 27.5 Å². The number of benzene rings is 1. The molecule has 0 spiro atoms. The molecule has 4 nitrogen and oxygen atoms in total. The third kappa shape index (κ3) is 3.71. The molecule has 1 N–H and O–H groups in total. The van der Waals surface area contributed by atoms with Gasteiger partial charge in [0.2, 0.25) is 0 Å². The van der Waals surface area contributed by atoms with Crippen LogP contribution in [0.5, 0.6) is 0 Å². The van der Waals surface area contributed by atoms with Crippen molar-refractivity contribution in [2.24, 2.45) is 0 Å². The van der Waals surface area contributed by atoms with E-state index in [0.29, 0.717) is 25.0 Å². The average Bonchev–Trinajstić information content (AvgIpc) is 2.38. The highest BCUT2D eigenvalue weighted by Crippen LogP contribution is 2.38. The lowest BCUT2D eigenvalue weighted by Crippen LogP contribution is -2.55. The first kappa shape index (κ1) is 18.3. The number of carbonyl (C=O) groups excluding carboxylic acids is 2. The van der Waals surface area contributed by atoms with Gasteiger partial charge in [0, 0.05) is 18.6 Å². The Morgan fingerprint density at radius 1 is 1.17 bits per heavy atom. The molecule has 1 aliphatic carbocycles. The Kier molecular flexibility index (Phi) is 4.92. The van der Waals surface area contributed by atoms with E-state index in [1.165, 1.54) is 0 Å². The van der Waals surface area contributed by atoms with E-state index >= 15 is 0 Å². The highest BCUT2D eigenvalue weighted by atomic mass is 19.1. The quantitative estimate of drug-likeness (QED) is 0.884. The van der Waals surface area contributed by atoms with Gasteiger partial charge in [-0.2, -0.15) is 0 Å². The Balaban J connectivity index is 2.50. The molecule has 0 saturated heterocycles. The van der Waals surface area contributed by atoms with Gasteiger partial charge in [-0.05, 0) is 40.0 Å². The number of alkyl carbamates (subject to hydrolysis) is 1. The van der Waals surface area contributed by atoms with Gasteiger partial charge in [-0.25, -0.2) is 18.0 Å². The Morgan fingerprint density at radius 3 is 2.25 bits per heavy atom. The lowest BCUT2D eigenvalue weighted by molar-refractivity contribution is -0.128. The van der Waals surface area contributed by atoms with Crippen LogP contribution in [0.1, 0.15) is 52.0 Å². The van der Waals surface area contributed by atoms with Gasteiger partial charge in [0.25, 0.3) is 0 Å². The second kappa shape index (κ2) is 6.45. The molecule has 1 saturated carbocycles. The van der Waals surface area contributed by atoms with Gasteiger partial charge in [0.05, 0.1) is 5.56 Å². The maximum absolute atomic E-state index is 14.3. The summed E-state index contributed by atoms with van der Waals surface area (Å²) in [6, 6.07) is 0.998. The topological polar surface area (TPSA) is 55.4 Å². The number of hydrogen-bond acceptors (Lipinski definition) is 3. The molecular weight excluding hydrogens is 323 g/mol. The van der Waals surface area contributed by atoms with E-state index in [-0.39, 0.29) is 12.8 Å². The monoisotopic (exact) mass is 343 g/mol. The van der Waals surface area contributed by atoms with Crippen LogP contribution in [-0.2, 0) is 15.1 Å². The minimum absolute atomic E-state index is 0.0184. The molecule has 0 bridgehead atoms. The first-order valence-corrected chi connectivity index (χ1v) is 7.75. The van der Waals surface area contributed by atoms with Gasteiger partial charge in [-0.15, -0.1) is 0 Å². The van der Waals surface area contributed by atoms with Gasteiger partial charge in [0.15, 0.2) is 5.78 Å². The highest BCUT2D eigenvalue weighted by molar-refractivity contribution is 5.93. The summed E-state index contributed by atoms with van der Waals surface area (Å²) in [6.45, 7) is 4.88. The van der Waals surface area contributed by atoms with E-state index in [1.807, 2.05) is 0 Å². The Bertz CT molecular complexity index is 647. The lowest BCUT2D eigenvalue weighted by Gasteiger charge is -2.37. The van der Waals surface area contributed by atoms with Crippen molar-refractivity contribution in [3.05, 3.63) is 35.1 Å². The Labute approximate surface area is 138 Å². The average molecular weight is 343 g/mol. The molecule has 0 aliphatic heterocycles. The number of Topliss-reactive ketones (excluding diaryl/α,β-unsaturated/α-hetero) is 1. The van der Waals surface area contributed by atoms with Crippen LogP contribution < -0.4 is 5.32 Å². The van der Waals surface area contributed by atoms with Crippen molar-refractivity contribution in [2.45, 2.75) is 57.6 Å². The summed E-state index contributed by atoms with van der Waals surface area (Å²) in [5.74, 6) is -4.04. The first-order chi connectivity index (χ1) is 11.0. The van der Waals surface area contributed by atoms with E-state index in [2.05, 4.69) is 5.32 Å². The van der Waals surface area contributed by atoms with Crippen LogP contribution >= 0.6 is 0 Å². The van der Waals surface area contributed by atoms with E-state index in [1.54, 1.807) is 20.8 Å². The van der Waals surface area contributed by atoms with E-state index < -0.39 is 46.0 Å². The highest BCUT2D eigenvalue weighted by Gasteiger charge is 2.47. The fraction of sp³-hybridized carbons (Fsp3) is 0.529. The van der Waals surface area contributed by atoms with Crippen LogP contribution in [0.3, 0.4) is 0 Å². The Morgan fingerprint density at radius 2 is 1.75 bits per heavy atom. The van der Waals surface area contributed by atoms with Gasteiger partial charge >= 0.3 is 6.09 Å². The summed E-state index contributed by atoms with van der Waals surface area (Å²) < 4.78 is 46.9. The van der Waals surface area contributed by atoms with Crippen molar-refractivity contribution in [1.29, 1.82) is 0 Å². The number of nitrogens with one attached hydrogen (secondary N) is 1. The fourth-order valence-electron chi connectivity index (χ4n) is 2.92. The molecule has 1 amide bonds. The predicted molar refractivity (Wildman–Crippen MR) is 80.8 cm³/mol. The van der Waals surface area contributed by atoms with Gasteiger partial charge in [0.1, 0.15) is 28.6 Å². The first-order valence-electron chi connectivity index (χ1n) is 7.75. The van der Waals surface area contributed by atoms with Crippen molar-refractivity contribution in [1.82, 2.24) is 5.32 Å². The molecule has 1 atom stereocenters. The van der Waals surface area contributed by atoms with Crippen molar-refractivity contribution in [2.75, 3.05) is 0 Å². The van der Waals surface area contributed by atoms with Crippen molar-refractivity contribution >= 4 is 11.9 Å². The summed E-state index contributed by atoms with van der Waals surface area (Å²) >= 11 is 0. The number of halogens is 3. The summed E-state index contributed by atoms with van der Waals surface area (Å²) in [6.07, 6.45) is 0.163. The molecule has 1 unspecified atom stereocenters. The van der Waals surface area contributed by atoms with E-state index in [4.69, 9.17) is 4.74 Å². The van der Waals surface area contributed by atoms with Crippen molar-refractivity contribution in [3.8, 4) is 0 Å². The molecule has 1 aromatic rings. The van der Waals surface area contributed by atoms with Crippen LogP contribution in [0, 0.1) is 17.5 Å². The summed E-state index contributed by atoms with van der Waals surface area (Å²) in [4.78, 5) is 24.6. The molecule has 7 heteroatoms. The third-order valence-corrected chi connectivity index (χ3v) is 3.83. The predicted octanol–water partition coefficient (Wildman–Crippen LogP) is 3.97. The zero-order valence-electron chi connectivity index (χ0n) is 13.8. The van der Waals surface area contributed by atoms with E-state index in [0.717, 1.165) is 0 Å². The SMILES string of the molecule is CC(C)(C)OC(=O)NC1(c2c(F)cc(F)cc2F)CCCCC1=O. The molecule has 24 heavy (non-hydrogen) atoms. The number of carbonyl (C=O) groups is 2. The van der Waals surface area contributed by atoms with Crippen LogP contribution in [-0.4, -0.2) is 17.5 Å². The van der Waals surface area contributed by atoms with E-state index in [9.17, 15) is 22.8 Å². The molecule has 0 aromatic heterocycles. The number of ether oxygens (including phenoxy) is 1. The smallest absolute Gasteiger partial charge is 0.408 e. The maximum Gasteiger partial charge on any atom is 0.408 e. The summed E-state index contributed by atoms with van der Waals surface area (Å²) in [7, 11) is 0. The molecule has 1 fully saturated rings. The maximum atomic E-state index is 14.3. The summed E-state index contributed by atoms with van der Waals surface area (Å²) in [5, 5.41) is 2.34. The second-order valence-corrected chi connectivity index (χ2v) is 6.91. The molecule has 0 radical (unpaired) electrons.